The van der Waals surface area contributed by atoms with Crippen LogP contribution in [0.1, 0.15) is 31.9 Å². The fourth-order valence-electron chi connectivity index (χ4n) is 2.69. The van der Waals surface area contributed by atoms with Gasteiger partial charge in [0.1, 0.15) is 6.04 Å². The monoisotopic (exact) mass is 418 g/mol. The molecule has 2 rings (SSSR count). The number of hydrogen-bond acceptors (Lipinski definition) is 3. The van der Waals surface area contributed by atoms with Gasteiger partial charge < -0.3 is 10.2 Å². The van der Waals surface area contributed by atoms with Gasteiger partial charge in [-0.15, -0.1) is 11.8 Å². The van der Waals surface area contributed by atoms with Crippen molar-refractivity contribution < 1.29 is 9.59 Å². The third-order valence-electron chi connectivity index (χ3n) is 4.20. The summed E-state index contributed by atoms with van der Waals surface area (Å²) in [5.74, 6) is 0.878. The zero-order chi connectivity index (χ0) is 20.5. The highest BCUT2D eigenvalue weighted by Crippen LogP contribution is 2.17. The Morgan fingerprint density at radius 2 is 1.64 bits per heavy atom. The Hall–Kier alpha value is -1.98. The van der Waals surface area contributed by atoms with E-state index in [9.17, 15) is 9.59 Å². The molecule has 1 atom stereocenters. The summed E-state index contributed by atoms with van der Waals surface area (Å²) in [6, 6.07) is 16.9. The third kappa shape index (κ3) is 7.21. The zero-order valence-corrected chi connectivity index (χ0v) is 18.1. The molecule has 0 radical (unpaired) electrons. The van der Waals surface area contributed by atoms with Crippen LogP contribution in [0.25, 0.3) is 0 Å². The summed E-state index contributed by atoms with van der Waals surface area (Å²) in [7, 11) is 0. The Kier molecular flexibility index (Phi) is 8.87. The van der Waals surface area contributed by atoms with Gasteiger partial charge in [-0.1, -0.05) is 54.1 Å². The summed E-state index contributed by atoms with van der Waals surface area (Å²) >= 11 is 7.51. The van der Waals surface area contributed by atoms with Crippen LogP contribution in [0.15, 0.2) is 54.6 Å². The Balaban J connectivity index is 2.05. The molecule has 6 heteroatoms. The second-order valence-electron chi connectivity index (χ2n) is 6.97. The summed E-state index contributed by atoms with van der Waals surface area (Å²) < 4.78 is 0. The highest BCUT2D eigenvalue weighted by molar-refractivity contribution is 7.99. The van der Waals surface area contributed by atoms with Crippen LogP contribution < -0.4 is 5.32 Å². The normalized spacial score (nSPS) is 11.9. The fraction of sp³-hybridized carbons (Fsp3) is 0.364. The minimum absolute atomic E-state index is 0.0230. The first kappa shape index (κ1) is 22.3. The van der Waals surface area contributed by atoms with Crippen LogP contribution in [-0.4, -0.2) is 34.6 Å². The minimum Gasteiger partial charge on any atom is -0.352 e. The second-order valence-corrected chi connectivity index (χ2v) is 8.39. The molecule has 0 saturated heterocycles. The van der Waals surface area contributed by atoms with Crippen molar-refractivity contribution in [2.24, 2.45) is 0 Å². The van der Waals surface area contributed by atoms with Crippen molar-refractivity contribution in [3.05, 3.63) is 70.7 Å². The van der Waals surface area contributed by atoms with Gasteiger partial charge in [-0.05, 0) is 44.0 Å². The molecule has 0 aliphatic heterocycles. The number of nitrogens with one attached hydrogen (secondary N) is 1. The number of halogens is 1. The molecule has 2 aromatic carbocycles. The molecule has 0 aromatic heterocycles. The van der Waals surface area contributed by atoms with E-state index in [1.807, 2.05) is 56.3 Å². The summed E-state index contributed by atoms with van der Waals surface area (Å²) in [5, 5.41) is 3.54. The van der Waals surface area contributed by atoms with Crippen LogP contribution >= 0.6 is 23.4 Å². The lowest BCUT2D eigenvalue weighted by molar-refractivity contribution is -0.138. The molecule has 0 saturated carbocycles. The van der Waals surface area contributed by atoms with Gasteiger partial charge in [0, 0.05) is 23.4 Å². The van der Waals surface area contributed by atoms with Gasteiger partial charge in [-0.3, -0.25) is 9.59 Å². The minimum atomic E-state index is -0.553. The summed E-state index contributed by atoms with van der Waals surface area (Å²) in [6.45, 7) is 5.96. The van der Waals surface area contributed by atoms with Gasteiger partial charge in [0.25, 0.3) is 0 Å². The SMILES string of the molecule is CC(C)NC(=O)C(C)N(Cc1ccc(Cl)cc1)C(=O)CSCc1ccccc1. The summed E-state index contributed by atoms with van der Waals surface area (Å²) in [6.07, 6.45) is 0. The van der Waals surface area contributed by atoms with E-state index in [4.69, 9.17) is 11.6 Å². The van der Waals surface area contributed by atoms with E-state index in [1.54, 1.807) is 35.7 Å². The number of benzene rings is 2. The topological polar surface area (TPSA) is 49.4 Å². The molecule has 4 nitrogen and oxygen atoms in total. The molecule has 0 aliphatic rings. The van der Waals surface area contributed by atoms with Crippen LogP contribution in [0, 0.1) is 0 Å². The van der Waals surface area contributed by atoms with Crippen LogP contribution in [0.4, 0.5) is 0 Å². The maximum Gasteiger partial charge on any atom is 0.242 e. The van der Waals surface area contributed by atoms with Crippen molar-refractivity contribution in [3.63, 3.8) is 0 Å². The first-order chi connectivity index (χ1) is 13.4. The second kappa shape index (κ2) is 11.1. The lowest BCUT2D eigenvalue weighted by Gasteiger charge is -2.29. The van der Waals surface area contributed by atoms with Crippen LogP contribution in [-0.2, 0) is 21.9 Å². The molecule has 0 aliphatic carbocycles. The molecule has 28 heavy (non-hydrogen) atoms. The molecular formula is C22H27ClN2O2S. The molecular weight excluding hydrogens is 392 g/mol. The van der Waals surface area contributed by atoms with Crippen LogP contribution in [0.3, 0.4) is 0 Å². The fourth-order valence-corrected chi connectivity index (χ4v) is 3.68. The van der Waals surface area contributed by atoms with E-state index in [0.29, 0.717) is 17.3 Å². The number of amides is 2. The van der Waals surface area contributed by atoms with Crippen molar-refractivity contribution in [1.29, 1.82) is 0 Å². The van der Waals surface area contributed by atoms with Crippen LogP contribution in [0.2, 0.25) is 5.02 Å². The number of thioether (sulfide) groups is 1. The van der Waals surface area contributed by atoms with Gasteiger partial charge in [0.2, 0.25) is 11.8 Å². The molecule has 0 bridgehead atoms. The van der Waals surface area contributed by atoms with E-state index < -0.39 is 6.04 Å². The Morgan fingerprint density at radius 3 is 2.25 bits per heavy atom. The first-order valence-electron chi connectivity index (χ1n) is 9.32. The van der Waals surface area contributed by atoms with Gasteiger partial charge in [0.15, 0.2) is 0 Å². The maximum atomic E-state index is 12.9. The molecule has 1 N–H and O–H groups in total. The number of hydrogen-bond donors (Lipinski definition) is 1. The molecule has 2 amide bonds. The van der Waals surface area contributed by atoms with Gasteiger partial charge in [-0.2, -0.15) is 0 Å². The van der Waals surface area contributed by atoms with Crippen molar-refractivity contribution >= 4 is 35.2 Å². The molecule has 1 unspecified atom stereocenters. The average Bonchev–Trinajstić information content (AvgIpc) is 2.67. The predicted molar refractivity (Wildman–Crippen MR) is 117 cm³/mol. The molecule has 0 fully saturated rings. The first-order valence-corrected chi connectivity index (χ1v) is 10.9. The Morgan fingerprint density at radius 1 is 1.00 bits per heavy atom. The average molecular weight is 419 g/mol. The lowest BCUT2D eigenvalue weighted by atomic mass is 10.1. The smallest absolute Gasteiger partial charge is 0.242 e. The van der Waals surface area contributed by atoms with Gasteiger partial charge in [0.05, 0.1) is 5.75 Å². The van der Waals surface area contributed by atoms with E-state index >= 15 is 0 Å². The zero-order valence-electron chi connectivity index (χ0n) is 16.5. The van der Waals surface area contributed by atoms with E-state index in [1.165, 1.54) is 5.56 Å². The Labute approximate surface area is 176 Å². The maximum absolute atomic E-state index is 12.9. The standard InChI is InChI=1S/C22H27ClN2O2S/c1-16(2)24-22(27)17(3)25(13-18-9-11-20(23)12-10-18)21(26)15-28-14-19-7-5-4-6-8-19/h4-12,16-17H,13-15H2,1-3H3,(H,24,27). The molecule has 0 heterocycles. The van der Waals surface area contributed by atoms with Crippen molar-refractivity contribution in [3.8, 4) is 0 Å². The van der Waals surface area contributed by atoms with Crippen LogP contribution in [0.5, 0.6) is 0 Å². The largest absolute Gasteiger partial charge is 0.352 e. The highest BCUT2D eigenvalue weighted by atomic mass is 35.5. The summed E-state index contributed by atoms with van der Waals surface area (Å²) in [5.41, 5.74) is 2.12. The lowest BCUT2D eigenvalue weighted by Crippen LogP contribution is -2.49. The van der Waals surface area contributed by atoms with Crippen molar-refractivity contribution in [2.45, 2.75) is 45.2 Å². The van der Waals surface area contributed by atoms with Gasteiger partial charge >= 0.3 is 0 Å². The molecule has 0 spiro atoms. The number of rotatable bonds is 9. The Bertz CT molecular complexity index is 766. The van der Waals surface area contributed by atoms with Gasteiger partial charge in [-0.25, -0.2) is 0 Å². The van der Waals surface area contributed by atoms with E-state index in [0.717, 1.165) is 11.3 Å². The number of carbonyl (C=O) groups is 2. The third-order valence-corrected chi connectivity index (χ3v) is 5.44. The predicted octanol–water partition coefficient (Wildman–Crippen LogP) is 4.52. The number of nitrogens with zero attached hydrogens (tertiary/aromatic N) is 1. The number of carbonyl (C=O) groups excluding carboxylic acids is 2. The summed E-state index contributed by atoms with van der Waals surface area (Å²) in [4.78, 5) is 27.1. The quantitative estimate of drug-likeness (QED) is 0.651. The molecule has 2 aromatic rings. The molecule has 150 valence electrons. The van der Waals surface area contributed by atoms with Crippen molar-refractivity contribution in [1.82, 2.24) is 10.2 Å². The van der Waals surface area contributed by atoms with E-state index in [2.05, 4.69) is 5.32 Å². The van der Waals surface area contributed by atoms with Crippen molar-refractivity contribution in [2.75, 3.05) is 5.75 Å². The van der Waals surface area contributed by atoms with E-state index in [-0.39, 0.29) is 17.9 Å². The highest BCUT2D eigenvalue weighted by Gasteiger charge is 2.26.